The van der Waals surface area contributed by atoms with Gasteiger partial charge in [-0.15, -0.1) is 0 Å². The zero-order valence-electron chi connectivity index (χ0n) is 30.1. The van der Waals surface area contributed by atoms with Crippen LogP contribution in [0, 0.1) is 0 Å². The third-order valence-electron chi connectivity index (χ3n) is 8.33. The summed E-state index contributed by atoms with van der Waals surface area (Å²) in [5.41, 5.74) is 5.34. The Morgan fingerprint density at radius 1 is 0.723 bits per heavy atom. The van der Waals surface area contributed by atoms with E-state index in [0.29, 0.717) is 12.8 Å². The van der Waals surface area contributed by atoms with Crippen LogP contribution in [-0.4, -0.2) is 59.0 Å². The van der Waals surface area contributed by atoms with Crippen LogP contribution in [0.25, 0.3) is 0 Å². The molecule has 0 spiro atoms. The van der Waals surface area contributed by atoms with Gasteiger partial charge >= 0.3 is 7.82 Å². The summed E-state index contributed by atoms with van der Waals surface area (Å²) in [7, 11) is -4.39. The highest BCUT2D eigenvalue weighted by Crippen LogP contribution is 2.43. The largest absolute Gasteiger partial charge is 0.472 e. The van der Waals surface area contributed by atoms with E-state index in [1.165, 1.54) is 103 Å². The smallest absolute Gasteiger partial charge is 0.393 e. The van der Waals surface area contributed by atoms with Crippen LogP contribution < -0.4 is 11.1 Å². The molecule has 0 rings (SSSR count). The van der Waals surface area contributed by atoms with Gasteiger partial charge in [-0.05, 0) is 32.1 Å². The van der Waals surface area contributed by atoms with Crippen LogP contribution in [0.15, 0.2) is 24.3 Å². The molecule has 0 aliphatic carbocycles. The second-order valence-corrected chi connectivity index (χ2v) is 14.4. The quantitative estimate of drug-likeness (QED) is 0.0252. The van der Waals surface area contributed by atoms with Crippen LogP contribution >= 0.6 is 7.82 Å². The van der Waals surface area contributed by atoms with Gasteiger partial charge in [-0.1, -0.05) is 154 Å². The Balaban J connectivity index is 4.43. The predicted octanol–water partition coefficient (Wildman–Crippen LogP) is 8.80. The molecule has 0 bridgehead atoms. The molecule has 9 nitrogen and oxygen atoms in total. The molecule has 1 amide bonds. The Kier molecular flexibility index (Phi) is 32.7. The summed E-state index contributed by atoms with van der Waals surface area (Å²) in [6.07, 6.45) is 32.7. The average molecular weight is 689 g/mol. The van der Waals surface area contributed by atoms with E-state index in [-0.39, 0.29) is 19.6 Å². The summed E-state index contributed by atoms with van der Waals surface area (Å²) in [4.78, 5) is 22.6. The third-order valence-corrected chi connectivity index (χ3v) is 9.32. The molecule has 0 saturated heterocycles. The van der Waals surface area contributed by atoms with Crippen molar-refractivity contribution < 1.29 is 33.5 Å². The molecular formula is C37H73N2O7P. The van der Waals surface area contributed by atoms with E-state index in [1.807, 2.05) is 6.08 Å². The van der Waals surface area contributed by atoms with Gasteiger partial charge in [0.25, 0.3) is 0 Å². The van der Waals surface area contributed by atoms with Crippen LogP contribution in [0.2, 0.25) is 0 Å². The van der Waals surface area contributed by atoms with E-state index < -0.39 is 38.6 Å². The number of aliphatic hydroxyl groups is 2. The normalized spacial score (nSPS) is 15.3. The fourth-order valence-corrected chi connectivity index (χ4v) is 6.19. The van der Waals surface area contributed by atoms with E-state index in [4.69, 9.17) is 14.8 Å². The van der Waals surface area contributed by atoms with E-state index in [0.717, 1.165) is 32.1 Å². The van der Waals surface area contributed by atoms with Crippen molar-refractivity contribution >= 4 is 13.7 Å². The Morgan fingerprint density at radius 3 is 1.77 bits per heavy atom. The number of nitrogens with two attached hydrogens (primary N) is 1. The predicted molar refractivity (Wildman–Crippen MR) is 195 cm³/mol. The number of aliphatic hydroxyl groups excluding tert-OH is 2. The second-order valence-electron chi connectivity index (χ2n) is 13.0. The number of phosphoric ester groups is 1. The maximum absolute atomic E-state index is 12.7. The summed E-state index contributed by atoms with van der Waals surface area (Å²) in [5.74, 6) is -0.457. The molecule has 10 heteroatoms. The Bertz CT molecular complexity index is 812. The Hall–Kier alpha value is -1.06. The molecule has 0 aliphatic heterocycles. The minimum atomic E-state index is -4.39. The van der Waals surface area contributed by atoms with Crippen LogP contribution in [0.3, 0.4) is 0 Å². The molecule has 6 N–H and O–H groups in total. The average Bonchev–Trinajstić information content (AvgIpc) is 3.04. The first-order chi connectivity index (χ1) is 22.8. The van der Waals surface area contributed by atoms with Crippen molar-refractivity contribution in [3.05, 3.63) is 24.3 Å². The summed E-state index contributed by atoms with van der Waals surface area (Å²) in [5, 5.41) is 23.9. The molecule has 278 valence electrons. The van der Waals surface area contributed by atoms with Gasteiger partial charge in [-0.3, -0.25) is 13.8 Å². The number of rotatable bonds is 35. The maximum atomic E-state index is 12.7. The van der Waals surface area contributed by atoms with Crippen molar-refractivity contribution in [2.45, 2.75) is 186 Å². The number of carbonyl (C=O) groups excluding carboxylic acids is 1. The van der Waals surface area contributed by atoms with Crippen LogP contribution in [-0.2, 0) is 18.4 Å². The topological polar surface area (TPSA) is 151 Å². The van der Waals surface area contributed by atoms with Gasteiger partial charge in [-0.2, -0.15) is 0 Å². The Morgan fingerprint density at radius 2 is 1.21 bits per heavy atom. The van der Waals surface area contributed by atoms with Gasteiger partial charge in [0.05, 0.1) is 37.9 Å². The number of unbranched alkanes of at least 4 members (excludes halogenated alkanes) is 19. The van der Waals surface area contributed by atoms with Crippen LogP contribution in [0.5, 0.6) is 0 Å². The molecule has 0 saturated carbocycles. The Labute approximate surface area is 288 Å². The van der Waals surface area contributed by atoms with Crippen LogP contribution in [0.4, 0.5) is 0 Å². The van der Waals surface area contributed by atoms with Crippen molar-refractivity contribution in [1.29, 1.82) is 0 Å². The summed E-state index contributed by atoms with van der Waals surface area (Å²) < 4.78 is 21.9. The number of carbonyl (C=O) groups is 1. The van der Waals surface area contributed by atoms with Crippen molar-refractivity contribution in [1.82, 2.24) is 5.32 Å². The monoisotopic (exact) mass is 689 g/mol. The lowest BCUT2D eigenvalue weighted by atomic mass is 10.0. The number of nitrogens with one attached hydrogen (secondary N) is 1. The molecular weight excluding hydrogens is 615 g/mol. The van der Waals surface area contributed by atoms with Crippen molar-refractivity contribution in [3.63, 3.8) is 0 Å². The lowest BCUT2D eigenvalue weighted by Gasteiger charge is -2.24. The maximum Gasteiger partial charge on any atom is 0.472 e. The molecule has 0 radical (unpaired) electrons. The van der Waals surface area contributed by atoms with Crippen molar-refractivity contribution in [2.75, 3.05) is 19.8 Å². The lowest BCUT2D eigenvalue weighted by molar-refractivity contribution is -0.124. The number of hydrogen-bond acceptors (Lipinski definition) is 7. The molecule has 0 heterocycles. The van der Waals surface area contributed by atoms with E-state index >= 15 is 0 Å². The number of allylic oxidation sites excluding steroid dienone is 3. The fourth-order valence-electron chi connectivity index (χ4n) is 5.43. The number of hydrogen-bond donors (Lipinski definition) is 5. The highest BCUT2D eigenvalue weighted by Gasteiger charge is 2.27. The summed E-state index contributed by atoms with van der Waals surface area (Å²) in [6.45, 7) is 3.91. The third kappa shape index (κ3) is 31.9. The van der Waals surface area contributed by atoms with Crippen LogP contribution in [0.1, 0.15) is 168 Å². The molecule has 47 heavy (non-hydrogen) atoms. The van der Waals surface area contributed by atoms with Gasteiger partial charge in [0, 0.05) is 6.54 Å². The molecule has 0 aromatic rings. The molecule has 0 aromatic heterocycles. The molecule has 0 aliphatic rings. The fraction of sp³-hybridized carbons (Fsp3) is 0.865. The highest BCUT2D eigenvalue weighted by molar-refractivity contribution is 7.47. The van der Waals surface area contributed by atoms with Gasteiger partial charge in [0.1, 0.15) is 0 Å². The lowest BCUT2D eigenvalue weighted by Crippen LogP contribution is -2.46. The van der Waals surface area contributed by atoms with E-state index in [1.54, 1.807) is 6.08 Å². The first-order valence-corrected chi connectivity index (χ1v) is 20.5. The van der Waals surface area contributed by atoms with Gasteiger partial charge in [0.15, 0.2) is 0 Å². The summed E-state index contributed by atoms with van der Waals surface area (Å²) >= 11 is 0. The highest BCUT2D eigenvalue weighted by atomic mass is 31.2. The molecule has 0 fully saturated rings. The van der Waals surface area contributed by atoms with E-state index in [2.05, 4.69) is 31.3 Å². The van der Waals surface area contributed by atoms with Gasteiger partial charge in [0.2, 0.25) is 5.91 Å². The van der Waals surface area contributed by atoms with Crippen molar-refractivity contribution in [2.24, 2.45) is 5.73 Å². The first-order valence-electron chi connectivity index (χ1n) is 19.0. The first kappa shape index (κ1) is 45.9. The molecule has 0 aromatic carbocycles. The van der Waals surface area contributed by atoms with Gasteiger partial charge in [-0.25, -0.2) is 4.57 Å². The number of amides is 1. The zero-order valence-corrected chi connectivity index (χ0v) is 31.0. The molecule has 4 unspecified atom stereocenters. The summed E-state index contributed by atoms with van der Waals surface area (Å²) in [6, 6.07) is -0.993. The molecule has 4 atom stereocenters. The van der Waals surface area contributed by atoms with Gasteiger partial charge < -0.3 is 26.2 Å². The number of phosphoric acid groups is 1. The van der Waals surface area contributed by atoms with Crippen molar-refractivity contribution in [3.8, 4) is 0 Å². The zero-order chi connectivity index (χ0) is 34.9. The second kappa shape index (κ2) is 33.4. The standard InChI is InChI=1S/C37H73N2O7P/c1-3-5-7-9-11-13-15-16-17-19-20-22-24-26-28-34(40)32-37(42)39-35(33-46-47(43,44)45-31-30-38)36(41)29-27-25-23-21-18-14-12-10-8-6-4-2/h18,21,27,29,34-36,40-41H,3-17,19-20,22-26,28,30-33,38H2,1-2H3,(H,39,42)(H,43,44)/b21-18+,29-27+. The minimum Gasteiger partial charge on any atom is -0.393 e. The minimum absolute atomic E-state index is 0.0456. The van der Waals surface area contributed by atoms with E-state index in [9.17, 15) is 24.5 Å². The SMILES string of the molecule is CCCCCCC/C=C/CC/C=C/C(O)C(COP(=O)(O)OCCN)NC(=O)CC(O)CCCCCCCCCCCCCCCC.